The molecule has 2 atom stereocenters. The summed E-state index contributed by atoms with van der Waals surface area (Å²) < 4.78 is 26.6. The van der Waals surface area contributed by atoms with Gasteiger partial charge in [0.05, 0.1) is 11.7 Å². The van der Waals surface area contributed by atoms with Crippen LogP contribution in [0.5, 0.6) is 0 Å². The second-order valence-corrected chi connectivity index (χ2v) is 5.05. The molecule has 1 aromatic carbocycles. The number of carbonyl (C=O) groups excluding carboxylic acids is 1. The molecule has 0 radical (unpaired) electrons. The van der Waals surface area contributed by atoms with Gasteiger partial charge in [-0.05, 0) is 31.4 Å². The Kier molecular flexibility index (Phi) is 4.14. The molecule has 2 unspecified atom stereocenters. The first-order valence-electron chi connectivity index (χ1n) is 6.41. The van der Waals surface area contributed by atoms with E-state index in [1.54, 1.807) is 0 Å². The molecule has 0 bridgehead atoms. The first-order valence-corrected chi connectivity index (χ1v) is 6.41. The van der Waals surface area contributed by atoms with Gasteiger partial charge in [-0.25, -0.2) is 8.78 Å². The molecule has 1 aliphatic carbocycles. The van der Waals surface area contributed by atoms with Crippen molar-refractivity contribution >= 4 is 5.91 Å². The molecule has 0 heterocycles. The van der Waals surface area contributed by atoms with Crippen molar-refractivity contribution in [2.24, 2.45) is 5.92 Å². The second-order valence-electron chi connectivity index (χ2n) is 5.05. The van der Waals surface area contributed by atoms with Crippen LogP contribution in [0.15, 0.2) is 12.1 Å². The minimum Gasteiger partial charge on any atom is -0.393 e. The first-order chi connectivity index (χ1) is 8.99. The lowest BCUT2D eigenvalue weighted by molar-refractivity contribution is 0.0913. The second kappa shape index (κ2) is 5.65. The number of carbonyl (C=O) groups is 1. The highest BCUT2D eigenvalue weighted by Crippen LogP contribution is 2.24. The topological polar surface area (TPSA) is 49.3 Å². The lowest BCUT2D eigenvalue weighted by atomic mass is 10.1. The third-order valence-electron chi connectivity index (χ3n) is 3.64. The molecule has 1 fully saturated rings. The highest BCUT2D eigenvalue weighted by atomic mass is 19.1. The largest absolute Gasteiger partial charge is 0.393 e. The number of rotatable bonds is 3. The Labute approximate surface area is 110 Å². The van der Waals surface area contributed by atoms with Crippen LogP contribution in [0.25, 0.3) is 0 Å². The van der Waals surface area contributed by atoms with Crippen molar-refractivity contribution in [3.05, 3.63) is 34.9 Å². The maximum atomic E-state index is 13.5. The van der Waals surface area contributed by atoms with E-state index in [1.165, 1.54) is 13.0 Å². The zero-order chi connectivity index (χ0) is 14.0. The monoisotopic (exact) mass is 269 g/mol. The number of halogens is 2. The van der Waals surface area contributed by atoms with Gasteiger partial charge in [-0.2, -0.15) is 0 Å². The average Bonchev–Trinajstić information content (AvgIpc) is 2.76. The Morgan fingerprint density at radius 3 is 2.74 bits per heavy atom. The molecule has 0 aromatic heterocycles. The molecule has 0 spiro atoms. The fourth-order valence-electron chi connectivity index (χ4n) is 2.41. The van der Waals surface area contributed by atoms with Crippen LogP contribution in [-0.4, -0.2) is 23.7 Å². The van der Waals surface area contributed by atoms with Crippen molar-refractivity contribution in [2.75, 3.05) is 6.54 Å². The fraction of sp³-hybridized carbons (Fsp3) is 0.500. The lowest BCUT2D eigenvalue weighted by Gasteiger charge is -2.15. The van der Waals surface area contributed by atoms with Gasteiger partial charge in [0.2, 0.25) is 0 Å². The molecule has 5 heteroatoms. The number of benzene rings is 1. The highest BCUT2D eigenvalue weighted by Gasteiger charge is 2.26. The molecule has 2 N–H and O–H groups in total. The summed E-state index contributed by atoms with van der Waals surface area (Å²) in [5.41, 5.74) is 0.0684. The summed E-state index contributed by atoms with van der Waals surface area (Å²) in [7, 11) is 0. The van der Waals surface area contributed by atoms with Gasteiger partial charge in [-0.1, -0.05) is 6.42 Å². The molecule has 1 aromatic rings. The summed E-state index contributed by atoms with van der Waals surface area (Å²) in [5.74, 6) is -2.08. The SMILES string of the molecule is Cc1cc(C(=O)NCC2CCCC2O)c(F)cc1F. The summed E-state index contributed by atoms with van der Waals surface area (Å²) in [4.78, 5) is 11.8. The third kappa shape index (κ3) is 3.10. The molecule has 2 rings (SSSR count). The summed E-state index contributed by atoms with van der Waals surface area (Å²) in [6.45, 7) is 1.79. The Balaban J connectivity index is 2.02. The normalized spacial score (nSPS) is 22.5. The van der Waals surface area contributed by atoms with Crippen LogP contribution in [0.1, 0.15) is 35.2 Å². The van der Waals surface area contributed by atoms with E-state index >= 15 is 0 Å². The van der Waals surface area contributed by atoms with Gasteiger partial charge in [0.25, 0.3) is 5.91 Å². The van der Waals surface area contributed by atoms with E-state index in [4.69, 9.17) is 0 Å². The van der Waals surface area contributed by atoms with Crippen molar-refractivity contribution in [1.82, 2.24) is 5.32 Å². The van der Waals surface area contributed by atoms with E-state index < -0.39 is 23.6 Å². The van der Waals surface area contributed by atoms with Crippen LogP contribution in [-0.2, 0) is 0 Å². The van der Waals surface area contributed by atoms with Crippen molar-refractivity contribution in [3.63, 3.8) is 0 Å². The lowest BCUT2D eigenvalue weighted by Crippen LogP contribution is -2.33. The van der Waals surface area contributed by atoms with Crippen LogP contribution in [0.4, 0.5) is 8.78 Å². The number of aliphatic hydroxyl groups is 1. The first kappa shape index (κ1) is 13.9. The number of hydrogen-bond donors (Lipinski definition) is 2. The van der Waals surface area contributed by atoms with Crippen molar-refractivity contribution in [2.45, 2.75) is 32.3 Å². The molecule has 19 heavy (non-hydrogen) atoms. The third-order valence-corrected chi connectivity index (χ3v) is 3.64. The maximum Gasteiger partial charge on any atom is 0.254 e. The van der Waals surface area contributed by atoms with Gasteiger partial charge in [0, 0.05) is 18.5 Å². The minimum atomic E-state index is -0.868. The van der Waals surface area contributed by atoms with E-state index in [0.717, 1.165) is 19.3 Å². The van der Waals surface area contributed by atoms with Gasteiger partial charge < -0.3 is 10.4 Å². The molecular formula is C14H17F2NO2. The molecule has 1 amide bonds. The molecule has 104 valence electrons. The molecular weight excluding hydrogens is 252 g/mol. The zero-order valence-electron chi connectivity index (χ0n) is 10.7. The molecule has 1 saturated carbocycles. The maximum absolute atomic E-state index is 13.5. The zero-order valence-corrected chi connectivity index (χ0v) is 10.7. The van der Waals surface area contributed by atoms with Crippen LogP contribution >= 0.6 is 0 Å². The van der Waals surface area contributed by atoms with E-state index in [9.17, 15) is 18.7 Å². The predicted octanol–water partition coefficient (Wildman–Crippen LogP) is 2.16. The number of amides is 1. The Morgan fingerprint density at radius 1 is 1.37 bits per heavy atom. The molecule has 3 nitrogen and oxygen atoms in total. The van der Waals surface area contributed by atoms with E-state index in [2.05, 4.69) is 5.32 Å². The van der Waals surface area contributed by atoms with E-state index in [-0.39, 0.29) is 17.0 Å². The summed E-state index contributed by atoms with van der Waals surface area (Å²) in [6, 6.07) is 1.92. The van der Waals surface area contributed by atoms with Crippen LogP contribution < -0.4 is 5.32 Å². The highest BCUT2D eigenvalue weighted by molar-refractivity contribution is 5.94. The van der Waals surface area contributed by atoms with Gasteiger partial charge in [0.1, 0.15) is 11.6 Å². The van der Waals surface area contributed by atoms with Crippen molar-refractivity contribution in [1.29, 1.82) is 0 Å². The standard InChI is InChI=1S/C14H17F2NO2/c1-8-5-10(12(16)6-11(8)15)14(19)17-7-9-3-2-4-13(9)18/h5-6,9,13,18H,2-4,7H2,1H3,(H,17,19). The number of nitrogens with one attached hydrogen (secondary N) is 1. The van der Waals surface area contributed by atoms with Gasteiger partial charge in [0.15, 0.2) is 0 Å². The molecule has 0 saturated heterocycles. The van der Waals surface area contributed by atoms with Gasteiger partial charge in [-0.15, -0.1) is 0 Å². The minimum absolute atomic E-state index is 0.0218. The molecule has 0 aliphatic heterocycles. The van der Waals surface area contributed by atoms with Crippen LogP contribution in [0.3, 0.4) is 0 Å². The Hall–Kier alpha value is -1.49. The van der Waals surface area contributed by atoms with Gasteiger partial charge in [-0.3, -0.25) is 4.79 Å². The Morgan fingerprint density at radius 2 is 2.11 bits per heavy atom. The molecule has 1 aliphatic rings. The fourth-order valence-corrected chi connectivity index (χ4v) is 2.41. The predicted molar refractivity (Wildman–Crippen MR) is 66.8 cm³/mol. The summed E-state index contributed by atoms with van der Waals surface area (Å²) in [5, 5.41) is 12.2. The number of aryl methyl sites for hydroxylation is 1. The van der Waals surface area contributed by atoms with Gasteiger partial charge >= 0.3 is 0 Å². The number of hydrogen-bond acceptors (Lipinski definition) is 2. The van der Waals surface area contributed by atoms with Crippen LogP contribution in [0.2, 0.25) is 0 Å². The average molecular weight is 269 g/mol. The van der Waals surface area contributed by atoms with Crippen molar-refractivity contribution < 1.29 is 18.7 Å². The van der Waals surface area contributed by atoms with E-state index in [0.29, 0.717) is 12.6 Å². The van der Waals surface area contributed by atoms with Crippen LogP contribution in [0, 0.1) is 24.5 Å². The quantitative estimate of drug-likeness (QED) is 0.883. The number of aliphatic hydroxyl groups excluding tert-OH is 1. The Bertz CT molecular complexity index is 491. The smallest absolute Gasteiger partial charge is 0.254 e. The van der Waals surface area contributed by atoms with E-state index in [1.807, 2.05) is 0 Å². The van der Waals surface area contributed by atoms with Crippen molar-refractivity contribution in [3.8, 4) is 0 Å². The summed E-state index contributed by atoms with van der Waals surface area (Å²) >= 11 is 0. The summed E-state index contributed by atoms with van der Waals surface area (Å²) in [6.07, 6.45) is 2.13.